The molecule has 3 rings (SSSR count). The van der Waals surface area contributed by atoms with Gasteiger partial charge in [0.2, 0.25) is 5.95 Å². The predicted molar refractivity (Wildman–Crippen MR) is 99.3 cm³/mol. The Bertz CT molecular complexity index is 958. The largest absolute Gasteiger partial charge is 0.392 e. The Labute approximate surface area is 151 Å². The van der Waals surface area contributed by atoms with Gasteiger partial charge in [-0.1, -0.05) is 19.4 Å². The van der Waals surface area contributed by atoms with Crippen molar-refractivity contribution in [1.29, 1.82) is 5.26 Å². The van der Waals surface area contributed by atoms with Gasteiger partial charge in [-0.3, -0.25) is 4.68 Å². The molecule has 0 bridgehead atoms. The smallest absolute Gasteiger partial charge is 0.222 e. The summed E-state index contributed by atoms with van der Waals surface area (Å²) >= 11 is 0. The number of hydrogen-bond acceptors (Lipinski definition) is 7. The van der Waals surface area contributed by atoms with Crippen LogP contribution in [0.2, 0.25) is 0 Å². The second-order valence-electron chi connectivity index (χ2n) is 6.00. The molecule has 1 aromatic carbocycles. The number of benzene rings is 1. The summed E-state index contributed by atoms with van der Waals surface area (Å²) in [4.78, 5) is 8.56. The first-order chi connectivity index (χ1) is 12.7. The number of nitriles is 1. The van der Waals surface area contributed by atoms with Gasteiger partial charge < -0.3 is 16.2 Å². The number of aliphatic hydroxyl groups excluding tert-OH is 1. The molecule has 3 aromatic rings. The maximum absolute atomic E-state index is 9.59. The summed E-state index contributed by atoms with van der Waals surface area (Å²) in [5, 5.41) is 26.4. The van der Waals surface area contributed by atoms with Gasteiger partial charge in [-0.15, -0.1) is 0 Å². The van der Waals surface area contributed by atoms with Gasteiger partial charge in [-0.25, -0.2) is 4.98 Å². The van der Waals surface area contributed by atoms with Crippen molar-refractivity contribution in [2.45, 2.75) is 32.9 Å². The normalized spacial score (nSPS) is 10.8. The van der Waals surface area contributed by atoms with Crippen LogP contribution in [0.3, 0.4) is 0 Å². The number of nitrogens with two attached hydrogens (primary N) is 1. The molecule has 0 saturated carbocycles. The highest BCUT2D eigenvalue weighted by Gasteiger charge is 2.14. The van der Waals surface area contributed by atoms with Gasteiger partial charge in [-0.2, -0.15) is 15.3 Å². The van der Waals surface area contributed by atoms with E-state index in [-0.39, 0.29) is 12.6 Å². The van der Waals surface area contributed by atoms with Crippen molar-refractivity contribution in [3.63, 3.8) is 0 Å². The van der Waals surface area contributed by atoms with E-state index in [1.807, 2.05) is 0 Å². The van der Waals surface area contributed by atoms with Crippen LogP contribution in [-0.2, 0) is 13.2 Å². The van der Waals surface area contributed by atoms with Crippen molar-refractivity contribution in [1.82, 2.24) is 19.7 Å². The van der Waals surface area contributed by atoms with E-state index in [1.54, 1.807) is 29.1 Å². The minimum Gasteiger partial charge on any atom is -0.392 e. The molecule has 0 atom stereocenters. The van der Waals surface area contributed by atoms with Gasteiger partial charge in [0, 0.05) is 6.54 Å². The van der Waals surface area contributed by atoms with E-state index in [4.69, 9.17) is 11.0 Å². The zero-order chi connectivity index (χ0) is 18.5. The highest BCUT2D eigenvalue weighted by molar-refractivity contribution is 5.86. The molecular formula is C18H21N7O. The first kappa shape index (κ1) is 17.6. The van der Waals surface area contributed by atoms with Crippen molar-refractivity contribution in [2.24, 2.45) is 0 Å². The van der Waals surface area contributed by atoms with Gasteiger partial charge in [0.05, 0.1) is 31.0 Å². The molecule has 8 nitrogen and oxygen atoms in total. The molecule has 0 aliphatic carbocycles. The number of aliphatic hydroxyl groups is 1. The molecule has 8 heteroatoms. The number of hydrogen-bond donors (Lipinski definition) is 3. The molecule has 4 N–H and O–H groups in total. The van der Waals surface area contributed by atoms with Gasteiger partial charge in [0.1, 0.15) is 11.0 Å². The van der Waals surface area contributed by atoms with Crippen molar-refractivity contribution in [3.8, 4) is 6.07 Å². The number of anilines is 2. The molecule has 0 aliphatic rings. The van der Waals surface area contributed by atoms with Gasteiger partial charge in [0.15, 0.2) is 5.82 Å². The van der Waals surface area contributed by atoms with Crippen LogP contribution in [0, 0.1) is 11.3 Å². The van der Waals surface area contributed by atoms with Crippen molar-refractivity contribution in [3.05, 3.63) is 41.1 Å². The number of unbranched alkanes of at least 4 members (excludes halogenated alkanes) is 1. The van der Waals surface area contributed by atoms with Gasteiger partial charge in [0.25, 0.3) is 0 Å². The molecule has 2 aromatic heterocycles. The maximum Gasteiger partial charge on any atom is 0.222 e. The average molecular weight is 351 g/mol. The number of nitrogens with one attached hydrogen (secondary N) is 1. The molecule has 2 heterocycles. The Morgan fingerprint density at radius 2 is 2.15 bits per heavy atom. The zero-order valence-electron chi connectivity index (χ0n) is 14.6. The summed E-state index contributed by atoms with van der Waals surface area (Å²) in [6, 6.07) is 7.34. The van der Waals surface area contributed by atoms with E-state index in [9.17, 15) is 5.11 Å². The first-order valence-electron chi connectivity index (χ1n) is 8.52. The Balaban J connectivity index is 2.02. The Hall–Kier alpha value is -3.18. The van der Waals surface area contributed by atoms with Crippen molar-refractivity contribution in [2.75, 3.05) is 17.6 Å². The molecule has 0 unspecified atom stereocenters. The fourth-order valence-corrected chi connectivity index (χ4v) is 2.80. The topological polar surface area (TPSA) is 126 Å². The molecule has 134 valence electrons. The number of nitrogens with zero attached hydrogens (tertiary/aromatic N) is 5. The number of nitrogen functional groups attached to an aromatic ring is 1. The molecular weight excluding hydrogens is 330 g/mol. The van der Waals surface area contributed by atoms with E-state index in [1.165, 1.54) is 0 Å². The third-order valence-electron chi connectivity index (χ3n) is 4.15. The zero-order valence-corrected chi connectivity index (χ0v) is 14.6. The van der Waals surface area contributed by atoms with Gasteiger partial charge in [-0.05, 0) is 29.7 Å². The minimum absolute atomic E-state index is 0.106. The maximum atomic E-state index is 9.59. The van der Waals surface area contributed by atoms with Crippen molar-refractivity contribution < 1.29 is 5.11 Å². The highest BCUT2D eigenvalue weighted by Crippen LogP contribution is 2.23. The minimum atomic E-state index is -0.106. The van der Waals surface area contributed by atoms with E-state index < -0.39 is 0 Å². The van der Waals surface area contributed by atoms with Gasteiger partial charge >= 0.3 is 0 Å². The standard InChI is InChI=1S/C18H21N7O/c1-2-3-6-21-17-16-15(23-18(20)24-17)9-22-25(16)10-14-7-12(8-19)4-5-13(14)11-26/h4-5,7,9,26H,2-3,6,10-11H2,1H3,(H3,20,21,23,24). The predicted octanol–water partition coefficient (Wildman–Crippen LogP) is 2.03. The number of aromatic nitrogens is 4. The molecule has 0 saturated heterocycles. The summed E-state index contributed by atoms with van der Waals surface area (Å²) in [5.74, 6) is 0.832. The average Bonchev–Trinajstić information content (AvgIpc) is 3.04. The Morgan fingerprint density at radius 1 is 1.31 bits per heavy atom. The van der Waals surface area contributed by atoms with Crippen LogP contribution in [0.15, 0.2) is 24.4 Å². The summed E-state index contributed by atoms with van der Waals surface area (Å²) in [5.41, 5.74) is 9.33. The van der Waals surface area contributed by atoms with Crippen LogP contribution in [-0.4, -0.2) is 31.4 Å². The fraction of sp³-hybridized carbons (Fsp3) is 0.333. The molecule has 0 radical (unpaired) electrons. The summed E-state index contributed by atoms with van der Waals surface area (Å²) in [6.07, 6.45) is 3.72. The van der Waals surface area contributed by atoms with Crippen LogP contribution in [0.4, 0.5) is 11.8 Å². The van der Waals surface area contributed by atoms with Crippen LogP contribution in [0.5, 0.6) is 0 Å². The van der Waals surface area contributed by atoms with Crippen LogP contribution in [0.25, 0.3) is 11.0 Å². The van der Waals surface area contributed by atoms with Crippen molar-refractivity contribution >= 4 is 22.8 Å². The Morgan fingerprint density at radius 3 is 2.88 bits per heavy atom. The third kappa shape index (κ3) is 3.58. The number of fused-ring (bicyclic) bond motifs is 1. The molecule has 0 spiro atoms. The summed E-state index contributed by atoms with van der Waals surface area (Å²) in [7, 11) is 0. The molecule has 26 heavy (non-hydrogen) atoms. The van der Waals surface area contributed by atoms with Crippen LogP contribution >= 0.6 is 0 Å². The lowest BCUT2D eigenvalue weighted by molar-refractivity contribution is 0.280. The highest BCUT2D eigenvalue weighted by atomic mass is 16.3. The molecule has 0 aliphatic heterocycles. The summed E-state index contributed by atoms with van der Waals surface area (Å²) in [6.45, 7) is 3.18. The lowest BCUT2D eigenvalue weighted by Gasteiger charge is -2.12. The molecule has 0 fully saturated rings. The fourth-order valence-electron chi connectivity index (χ4n) is 2.80. The van der Waals surface area contributed by atoms with E-state index >= 15 is 0 Å². The first-order valence-corrected chi connectivity index (χ1v) is 8.52. The lowest BCUT2D eigenvalue weighted by Crippen LogP contribution is -2.10. The third-order valence-corrected chi connectivity index (χ3v) is 4.15. The molecule has 0 amide bonds. The summed E-state index contributed by atoms with van der Waals surface area (Å²) < 4.78 is 1.76. The Kier molecular flexibility index (Phi) is 5.29. The second kappa shape index (κ2) is 7.80. The second-order valence-corrected chi connectivity index (χ2v) is 6.00. The number of rotatable bonds is 7. The van der Waals surface area contributed by atoms with E-state index in [0.29, 0.717) is 23.4 Å². The van der Waals surface area contributed by atoms with E-state index in [2.05, 4.69) is 33.4 Å². The SMILES string of the molecule is CCCCNc1nc(N)nc2cnn(Cc3cc(C#N)ccc3CO)c12. The van der Waals surface area contributed by atoms with Crippen LogP contribution < -0.4 is 11.1 Å². The van der Waals surface area contributed by atoms with Crippen LogP contribution in [0.1, 0.15) is 36.5 Å². The lowest BCUT2D eigenvalue weighted by atomic mass is 10.0. The quantitative estimate of drug-likeness (QED) is 0.556. The van der Waals surface area contributed by atoms with E-state index in [0.717, 1.165) is 36.0 Å². The monoisotopic (exact) mass is 351 g/mol.